The number of halogens is 1. The summed E-state index contributed by atoms with van der Waals surface area (Å²) >= 11 is 3.14. The van der Waals surface area contributed by atoms with Gasteiger partial charge in [0.1, 0.15) is 0 Å². The van der Waals surface area contributed by atoms with Crippen molar-refractivity contribution in [3.8, 4) is 0 Å². The third-order valence-corrected chi connectivity index (χ3v) is 5.14. The molecule has 0 saturated carbocycles. The van der Waals surface area contributed by atoms with Crippen LogP contribution in [0.3, 0.4) is 0 Å². The van der Waals surface area contributed by atoms with Gasteiger partial charge in [0.05, 0.1) is 10.5 Å². The summed E-state index contributed by atoms with van der Waals surface area (Å²) in [6, 6.07) is 2.43. The smallest absolute Gasteiger partial charge is 0.335 e. The minimum atomic E-state index is -3.86. The van der Waals surface area contributed by atoms with E-state index >= 15 is 0 Å². The molecule has 116 valence electrons. The molecule has 4 N–H and O–H groups in total. The fourth-order valence-corrected chi connectivity index (χ4v) is 3.56. The maximum atomic E-state index is 12.2. The van der Waals surface area contributed by atoms with Gasteiger partial charge in [0.15, 0.2) is 0 Å². The van der Waals surface area contributed by atoms with E-state index in [0.29, 0.717) is 10.0 Å². The Labute approximate surface area is 130 Å². The topological polar surface area (TPSA) is 127 Å². The molecule has 1 amide bonds. The van der Waals surface area contributed by atoms with Crippen LogP contribution < -0.4 is 10.5 Å². The maximum Gasteiger partial charge on any atom is 0.335 e. The molecule has 0 aromatic heterocycles. The van der Waals surface area contributed by atoms with Crippen molar-refractivity contribution in [2.75, 3.05) is 6.54 Å². The van der Waals surface area contributed by atoms with E-state index in [1.165, 1.54) is 6.07 Å². The summed E-state index contributed by atoms with van der Waals surface area (Å²) in [4.78, 5) is 21.5. The fourth-order valence-electron chi connectivity index (χ4n) is 1.60. The van der Waals surface area contributed by atoms with E-state index in [-0.39, 0.29) is 29.8 Å². The second-order valence-corrected chi connectivity index (χ2v) is 6.94. The maximum absolute atomic E-state index is 12.2. The number of carbonyl (C=O) groups excluding carboxylic acids is 1. The number of nitrogens with one attached hydrogen (secondary N) is 1. The van der Waals surface area contributed by atoms with E-state index < -0.39 is 21.9 Å². The number of sulfonamides is 1. The van der Waals surface area contributed by atoms with E-state index in [1.807, 2.05) is 0 Å². The first-order valence-corrected chi connectivity index (χ1v) is 8.24. The Hall–Kier alpha value is -1.45. The first kappa shape index (κ1) is 17.6. The summed E-state index contributed by atoms with van der Waals surface area (Å²) in [5.41, 5.74) is 5.23. The van der Waals surface area contributed by atoms with Crippen molar-refractivity contribution < 1.29 is 23.1 Å². The third kappa shape index (κ3) is 4.80. The monoisotopic (exact) mass is 378 g/mol. The number of hydrogen-bond acceptors (Lipinski definition) is 4. The lowest BCUT2D eigenvalue weighted by atomic mass is 10.1. The van der Waals surface area contributed by atoms with Crippen LogP contribution in [0.25, 0.3) is 0 Å². The summed E-state index contributed by atoms with van der Waals surface area (Å²) in [6.45, 7) is 1.60. The predicted molar refractivity (Wildman–Crippen MR) is 79.5 cm³/mol. The summed E-state index contributed by atoms with van der Waals surface area (Å²) in [7, 11) is -3.86. The van der Waals surface area contributed by atoms with E-state index in [4.69, 9.17) is 10.8 Å². The van der Waals surface area contributed by atoms with E-state index in [1.54, 1.807) is 6.92 Å². The van der Waals surface area contributed by atoms with Crippen LogP contribution in [0, 0.1) is 6.92 Å². The number of carboxylic acid groups (broad SMARTS) is 1. The molecule has 0 aliphatic rings. The zero-order valence-electron chi connectivity index (χ0n) is 11.2. The van der Waals surface area contributed by atoms with Gasteiger partial charge >= 0.3 is 5.97 Å². The average molecular weight is 379 g/mol. The van der Waals surface area contributed by atoms with Crippen molar-refractivity contribution in [3.63, 3.8) is 0 Å². The van der Waals surface area contributed by atoms with Gasteiger partial charge in [-0.3, -0.25) is 4.79 Å². The van der Waals surface area contributed by atoms with Crippen LogP contribution in [-0.2, 0) is 14.8 Å². The molecule has 7 nitrogen and oxygen atoms in total. The molecule has 21 heavy (non-hydrogen) atoms. The summed E-state index contributed by atoms with van der Waals surface area (Å²) in [6.07, 6.45) is 0.341. The Balaban J connectivity index is 3.02. The molecule has 1 aromatic carbocycles. The van der Waals surface area contributed by atoms with Gasteiger partial charge in [0.25, 0.3) is 0 Å². The Morgan fingerprint density at radius 1 is 1.38 bits per heavy atom. The molecule has 0 aliphatic heterocycles. The molecule has 0 heterocycles. The lowest BCUT2D eigenvalue weighted by Gasteiger charge is -2.11. The fraction of sp³-hybridized carbons (Fsp3) is 0.333. The minimum Gasteiger partial charge on any atom is -0.478 e. The van der Waals surface area contributed by atoms with Gasteiger partial charge in [-0.05, 0) is 31.0 Å². The van der Waals surface area contributed by atoms with Gasteiger partial charge in [-0.15, -0.1) is 0 Å². The highest BCUT2D eigenvalue weighted by Gasteiger charge is 2.20. The van der Waals surface area contributed by atoms with Gasteiger partial charge < -0.3 is 10.8 Å². The van der Waals surface area contributed by atoms with Crippen molar-refractivity contribution in [3.05, 3.63) is 27.7 Å². The van der Waals surface area contributed by atoms with Crippen LogP contribution in [0.4, 0.5) is 0 Å². The number of carbonyl (C=O) groups is 2. The number of hydrogen-bond donors (Lipinski definition) is 3. The zero-order valence-corrected chi connectivity index (χ0v) is 13.6. The lowest BCUT2D eigenvalue weighted by molar-refractivity contribution is -0.118. The zero-order chi connectivity index (χ0) is 16.2. The minimum absolute atomic E-state index is 0.0413. The van der Waals surface area contributed by atoms with E-state index in [9.17, 15) is 18.0 Å². The summed E-state index contributed by atoms with van der Waals surface area (Å²) in [5.74, 6) is -1.73. The van der Waals surface area contributed by atoms with Crippen LogP contribution in [0.15, 0.2) is 21.5 Å². The molecule has 1 rings (SSSR count). The van der Waals surface area contributed by atoms with Gasteiger partial charge in [-0.25, -0.2) is 17.9 Å². The van der Waals surface area contributed by atoms with E-state index in [0.717, 1.165) is 6.07 Å². The van der Waals surface area contributed by atoms with Crippen LogP contribution in [0.5, 0.6) is 0 Å². The lowest BCUT2D eigenvalue weighted by Crippen LogP contribution is -2.27. The largest absolute Gasteiger partial charge is 0.478 e. The average Bonchev–Trinajstić information content (AvgIpc) is 2.37. The highest BCUT2D eigenvalue weighted by molar-refractivity contribution is 9.10. The number of benzene rings is 1. The highest BCUT2D eigenvalue weighted by atomic mass is 79.9. The summed E-state index contributed by atoms with van der Waals surface area (Å²) < 4.78 is 27.1. The van der Waals surface area contributed by atoms with Crippen molar-refractivity contribution >= 4 is 37.8 Å². The Morgan fingerprint density at radius 3 is 2.52 bits per heavy atom. The predicted octanol–water partition coefficient (Wildman–Crippen LogP) is 1.000. The van der Waals surface area contributed by atoms with Crippen LogP contribution in [0.1, 0.15) is 28.8 Å². The SMILES string of the molecule is Cc1c(Br)cc(C(=O)O)cc1S(=O)(=O)NCCCC(N)=O. The highest BCUT2D eigenvalue weighted by Crippen LogP contribution is 2.25. The van der Waals surface area contributed by atoms with Crippen molar-refractivity contribution in [2.45, 2.75) is 24.7 Å². The number of nitrogens with two attached hydrogens (primary N) is 1. The van der Waals surface area contributed by atoms with Crippen LogP contribution in [-0.4, -0.2) is 31.9 Å². The molecule has 9 heteroatoms. The molecule has 0 spiro atoms. The first-order valence-electron chi connectivity index (χ1n) is 5.96. The Kier molecular flexibility index (Phi) is 5.87. The van der Waals surface area contributed by atoms with Crippen molar-refractivity contribution in [1.29, 1.82) is 0 Å². The molecule has 0 fully saturated rings. The number of rotatable bonds is 7. The molecule has 0 bridgehead atoms. The first-order chi connectivity index (χ1) is 9.65. The normalized spacial score (nSPS) is 11.3. The number of amides is 1. The molecule has 1 aromatic rings. The Morgan fingerprint density at radius 2 is 2.00 bits per heavy atom. The van der Waals surface area contributed by atoms with Gasteiger partial charge in [0, 0.05) is 17.4 Å². The number of primary amides is 1. The van der Waals surface area contributed by atoms with Crippen LogP contribution in [0.2, 0.25) is 0 Å². The molecule has 0 unspecified atom stereocenters. The molecule has 0 radical (unpaired) electrons. The third-order valence-electron chi connectivity index (χ3n) is 2.73. The quantitative estimate of drug-likeness (QED) is 0.609. The van der Waals surface area contributed by atoms with Gasteiger partial charge in [-0.2, -0.15) is 0 Å². The molecular weight excluding hydrogens is 364 g/mol. The summed E-state index contributed by atoms with van der Waals surface area (Å²) in [5, 5.41) is 8.98. The standard InChI is InChI=1S/C12H15BrN2O5S/c1-7-9(13)5-8(12(17)18)6-10(7)21(19,20)15-4-2-3-11(14)16/h5-6,15H,2-4H2,1H3,(H2,14,16)(H,17,18). The van der Waals surface area contributed by atoms with Crippen molar-refractivity contribution in [1.82, 2.24) is 4.72 Å². The number of aromatic carboxylic acids is 1. The van der Waals surface area contributed by atoms with E-state index in [2.05, 4.69) is 20.7 Å². The molecule has 0 atom stereocenters. The number of carboxylic acids is 1. The second kappa shape index (κ2) is 7.01. The Bertz CT molecular complexity index is 672. The van der Waals surface area contributed by atoms with Gasteiger partial charge in [-0.1, -0.05) is 15.9 Å². The molecular formula is C12H15BrN2O5S. The van der Waals surface area contributed by atoms with Crippen LogP contribution >= 0.6 is 15.9 Å². The molecule has 0 saturated heterocycles. The molecule has 0 aliphatic carbocycles. The van der Waals surface area contributed by atoms with Crippen molar-refractivity contribution in [2.24, 2.45) is 5.73 Å². The second-order valence-electron chi connectivity index (χ2n) is 4.35. The van der Waals surface area contributed by atoms with Gasteiger partial charge in [0.2, 0.25) is 15.9 Å².